The van der Waals surface area contributed by atoms with Gasteiger partial charge in [0.25, 0.3) is 0 Å². The maximum absolute atomic E-state index is 10.3. The van der Waals surface area contributed by atoms with Gasteiger partial charge in [-0.2, -0.15) is 0 Å². The van der Waals surface area contributed by atoms with Crippen LogP contribution in [0.15, 0.2) is 9.98 Å². The number of hydrogen-bond donors (Lipinski definition) is 0. The molecule has 0 saturated heterocycles. The topological polar surface area (TPSA) is 58.9 Å². The monoisotopic (exact) mass is 222 g/mol. The molecule has 0 amide bonds. The first-order chi connectivity index (χ1) is 7.70. The fourth-order valence-electron chi connectivity index (χ4n) is 2.74. The Morgan fingerprint density at radius 3 is 1.62 bits per heavy atom. The van der Waals surface area contributed by atoms with Crippen molar-refractivity contribution in [3.05, 3.63) is 0 Å². The maximum Gasteiger partial charge on any atom is 0.235 e. The molecule has 0 aliphatic heterocycles. The van der Waals surface area contributed by atoms with Crippen LogP contribution in [0, 0.1) is 11.8 Å². The van der Waals surface area contributed by atoms with Crippen LogP contribution in [0.3, 0.4) is 0 Å². The van der Waals surface area contributed by atoms with Crippen LogP contribution in [-0.4, -0.2) is 24.2 Å². The van der Waals surface area contributed by atoms with Crippen molar-refractivity contribution in [3.8, 4) is 0 Å². The standard InChI is InChI=1S/C12H18N2O2/c1-9(13-7-15)11-5-3-4-6-12(11)10(2)14-8-16/h9-12H,3-6H2,1-2H3. The highest BCUT2D eigenvalue weighted by Crippen LogP contribution is 2.36. The van der Waals surface area contributed by atoms with E-state index < -0.39 is 0 Å². The van der Waals surface area contributed by atoms with Crippen LogP contribution in [0.4, 0.5) is 0 Å². The van der Waals surface area contributed by atoms with Crippen LogP contribution in [0.2, 0.25) is 0 Å². The molecule has 0 aromatic heterocycles. The normalized spacial score (nSPS) is 28.4. The first-order valence-electron chi connectivity index (χ1n) is 5.84. The number of aliphatic imine (C=N–C) groups is 2. The molecule has 1 saturated carbocycles. The summed E-state index contributed by atoms with van der Waals surface area (Å²) in [5.41, 5.74) is 0. The predicted molar refractivity (Wildman–Crippen MR) is 60.6 cm³/mol. The van der Waals surface area contributed by atoms with Gasteiger partial charge in [0, 0.05) is 0 Å². The van der Waals surface area contributed by atoms with Crippen molar-refractivity contribution in [2.24, 2.45) is 21.8 Å². The zero-order chi connectivity index (χ0) is 12.0. The average Bonchev–Trinajstić information content (AvgIpc) is 2.30. The minimum absolute atomic E-state index is 0.0212. The minimum Gasteiger partial charge on any atom is -0.211 e. The van der Waals surface area contributed by atoms with Crippen LogP contribution in [0.5, 0.6) is 0 Å². The first kappa shape index (κ1) is 12.8. The summed E-state index contributed by atoms with van der Waals surface area (Å²) in [6.07, 6.45) is 7.68. The van der Waals surface area contributed by atoms with Crippen LogP contribution < -0.4 is 0 Å². The van der Waals surface area contributed by atoms with E-state index in [0.717, 1.165) is 25.7 Å². The molecule has 1 rings (SSSR count). The summed E-state index contributed by atoms with van der Waals surface area (Å²) in [5.74, 6) is 0.671. The fraction of sp³-hybridized carbons (Fsp3) is 0.833. The fourth-order valence-corrected chi connectivity index (χ4v) is 2.74. The van der Waals surface area contributed by atoms with Gasteiger partial charge in [-0.05, 0) is 38.5 Å². The molecule has 0 spiro atoms. The quantitative estimate of drug-likeness (QED) is 0.541. The lowest BCUT2D eigenvalue weighted by atomic mass is 9.73. The molecule has 88 valence electrons. The molecule has 0 radical (unpaired) electrons. The molecular formula is C12H18N2O2. The Labute approximate surface area is 95.9 Å². The van der Waals surface area contributed by atoms with E-state index in [0.29, 0.717) is 11.8 Å². The Morgan fingerprint density at radius 1 is 0.938 bits per heavy atom. The third kappa shape index (κ3) is 3.13. The highest BCUT2D eigenvalue weighted by Gasteiger charge is 2.33. The van der Waals surface area contributed by atoms with Crippen LogP contribution >= 0.6 is 0 Å². The summed E-state index contributed by atoms with van der Waals surface area (Å²) in [6.45, 7) is 3.87. The third-order valence-corrected chi connectivity index (χ3v) is 3.63. The highest BCUT2D eigenvalue weighted by molar-refractivity contribution is 5.34. The molecule has 1 aliphatic carbocycles. The summed E-state index contributed by atoms with van der Waals surface area (Å²) < 4.78 is 0. The van der Waals surface area contributed by atoms with Crippen molar-refractivity contribution < 1.29 is 9.59 Å². The summed E-state index contributed by atoms with van der Waals surface area (Å²) in [7, 11) is 0. The number of rotatable bonds is 4. The lowest BCUT2D eigenvalue weighted by molar-refractivity contribution is 0.185. The van der Waals surface area contributed by atoms with E-state index in [9.17, 15) is 9.59 Å². The van der Waals surface area contributed by atoms with E-state index in [-0.39, 0.29) is 12.1 Å². The zero-order valence-corrected chi connectivity index (χ0v) is 9.85. The van der Waals surface area contributed by atoms with Gasteiger partial charge in [0.15, 0.2) is 0 Å². The molecule has 4 unspecified atom stereocenters. The van der Waals surface area contributed by atoms with Crippen molar-refractivity contribution in [1.82, 2.24) is 0 Å². The van der Waals surface area contributed by atoms with E-state index in [4.69, 9.17) is 0 Å². The molecule has 0 aromatic carbocycles. The van der Waals surface area contributed by atoms with Crippen molar-refractivity contribution in [3.63, 3.8) is 0 Å². The molecule has 16 heavy (non-hydrogen) atoms. The van der Waals surface area contributed by atoms with E-state index >= 15 is 0 Å². The van der Waals surface area contributed by atoms with Gasteiger partial charge in [-0.15, -0.1) is 0 Å². The summed E-state index contributed by atoms with van der Waals surface area (Å²) in [4.78, 5) is 28.2. The Kier molecular flexibility index (Phi) is 5.10. The third-order valence-electron chi connectivity index (χ3n) is 3.63. The van der Waals surface area contributed by atoms with Gasteiger partial charge >= 0.3 is 0 Å². The van der Waals surface area contributed by atoms with Crippen LogP contribution in [-0.2, 0) is 9.59 Å². The van der Waals surface area contributed by atoms with E-state index in [1.165, 1.54) is 0 Å². The summed E-state index contributed by atoms with van der Waals surface area (Å²) >= 11 is 0. The second kappa shape index (κ2) is 6.37. The van der Waals surface area contributed by atoms with Gasteiger partial charge in [-0.25, -0.2) is 19.6 Å². The van der Waals surface area contributed by atoms with E-state index in [1.807, 2.05) is 13.8 Å². The molecule has 0 N–H and O–H groups in total. The number of carbonyl (C=O) groups excluding carboxylic acids is 2. The Balaban J connectivity index is 2.77. The zero-order valence-electron chi connectivity index (χ0n) is 9.85. The van der Waals surface area contributed by atoms with Gasteiger partial charge in [0.2, 0.25) is 12.2 Å². The lowest BCUT2D eigenvalue weighted by Gasteiger charge is -2.35. The molecule has 4 atom stereocenters. The molecule has 0 aromatic rings. The summed E-state index contributed by atoms with van der Waals surface area (Å²) in [5, 5.41) is 0. The number of hydrogen-bond acceptors (Lipinski definition) is 4. The second-order valence-corrected chi connectivity index (χ2v) is 4.53. The molecular weight excluding hydrogens is 204 g/mol. The van der Waals surface area contributed by atoms with Gasteiger partial charge in [0.1, 0.15) is 0 Å². The Hall–Kier alpha value is -1.24. The molecule has 4 heteroatoms. The average molecular weight is 222 g/mol. The second-order valence-electron chi connectivity index (χ2n) is 4.53. The maximum atomic E-state index is 10.3. The smallest absolute Gasteiger partial charge is 0.211 e. The van der Waals surface area contributed by atoms with Crippen molar-refractivity contribution in [2.75, 3.05) is 0 Å². The van der Waals surface area contributed by atoms with Crippen molar-refractivity contribution >= 4 is 12.2 Å². The minimum atomic E-state index is -0.0212. The molecule has 0 bridgehead atoms. The Bertz CT molecular complexity index is 285. The molecule has 1 fully saturated rings. The lowest BCUT2D eigenvalue weighted by Crippen LogP contribution is -2.33. The predicted octanol–water partition coefficient (Wildman–Crippen LogP) is 2.24. The van der Waals surface area contributed by atoms with Crippen molar-refractivity contribution in [1.29, 1.82) is 0 Å². The first-order valence-corrected chi connectivity index (χ1v) is 5.84. The van der Waals surface area contributed by atoms with Crippen LogP contribution in [0.25, 0.3) is 0 Å². The van der Waals surface area contributed by atoms with Gasteiger partial charge in [0.05, 0.1) is 12.1 Å². The van der Waals surface area contributed by atoms with E-state index in [2.05, 4.69) is 9.98 Å². The molecule has 4 nitrogen and oxygen atoms in total. The summed E-state index contributed by atoms with van der Waals surface area (Å²) in [6, 6.07) is -0.0424. The Morgan fingerprint density at radius 2 is 1.31 bits per heavy atom. The van der Waals surface area contributed by atoms with Gasteiger partial charge in [-0.1, -0.05) is 12.8 Å². The van der Waals surface area contributed by atoms with Crippen molar-refractivity contribution in [2.45, 2.75) is 51.6 Å². The van der Waals surface area contributed by atoms with Gasteiger partial charge < -0.3 is 0 Å². The highest BCUT2D eigenvalue weighted by atomic mass is 16.1. The van der Waals surface area contributed by atoms with Crippen LogP contribution in [0.1, 0.15) is 39.5 Å². The number of isocyanates is 2. The van der Waals surface area contributed by atoms with Gasteiger partial charge in [-0.3, -0.25) is 0 Å². The number of nitrogens with zero attached hydrogens (tertiary/aromatic N) is 2. The molecule has 0 heterocycles. The SMILES string of the molecule is CC(N=C=O)C1CCCCC1C(C)N=C=O. The largest absolute Gasteiger partial charge is 0.235 e. The van der Waals surface area contributed by atoms with E-state index in [1.54, 1.807) is 12.2 Å². The molecule has 1 aliphatic rings.